The summed E-state index contributed by atoms with van der Waals surface area (Å²) in [5.41, 5.74) is 0.271. The van der Waals surface area contributed by atoms with E-state index in [2.05, 4.69) is 5.32 Å². The Balaban J connectivity index is 2.55. The number of hydrogen-bond acceptors (Lipinski definition) is 2. The highest BCUT2D eigenvalue weighted by atomic mass is 32.2. The van der Waals surface area contributed by atoms with Crippen molar-refractivity contribution in [3.05, 3.63) is 29.6 Å². The molecule has 0 fully saturated rings. The van der Waals surface area contributed by atoms with E-state index >= 15 is 0 Å². The SMILES string of the molecule is CSCCCNc1cc(F)c(F)c(F)c1. The smallest absolute Gasteiger partial charge is 0.194 e. The third-order valence-corrected chi connectivity index (χ3v) is 2.54. The van der Waals surface area contributed by atoms with Crippen LogP contribution in [0.5, 0.6) is 0 Å². The summed E-state index contributed by atoms with van der Waals surface area (Å²) >= 11 is 1.70. The van der Waals surface area contributed by atoms with Crippen LogP contribution >= 0.6 is 11.8 Å². The fourth-order valence-electron chi connectivity index (χ4n) is 1.11. The lowest BCUT2D eigenvalue weighted by atomic mass is 10.3. The van der Waals surface area contributed by atoms with Crippen LogP contribution in [0.25, 0.3) is 0 Å². The lowest BCUT2D eigenvalue weighted by Crippen LogP contribution is -2.04. The molecule has 0 unspecified atom stereocenters. The highest BCUT2D eigenvalue weighted by Gasteiger charge is 2.09. The Labute approximate surface area is 91.1 Å². The van der Waals surface area contributed by atoms with Gasteiger partial charge in [0.1, 0.15) is 0 Å². The number of hydrogen-bond donors (Lipinski definition) is 1. The van der Waals surface area contributed by atoms with Crippen LogP contribution in [0, 0.1) is 17.5 Å². The normalized spacial score (nSPS) is 10.4. The van der Waals surface area contributed by atoms with Crippen LogP contribution in [0.3, 0.4) is 0 Å². The molecule has 1 nitrogen and oxygen atoms in total. The van der Waals surface area contributed by atoms with Gasteiger partial charge in [-0.25, -0.2) is 13.2 Å². The molecule has 0 radical (unpaired) electrons. The van der Waals surface area contributed by atoms with Gasteiger partial charge in [0.25, 0.3) is 0 Å². The minimum absolute atomic E-state index is 0.271. The van der Waals surface area contributed by atoms with Crippen LogP contribution < -0.4 is 5.32 Å². The Hall–Kier alpha value is -0.840. The molecule has 0 spiro atoms. The minimum Gasteiger partial charge on any atom is -0.385 e. The van der Waals surface area contributed by atoms with Crippen molar-refractivity contribution in [3.8, 4) is 0 Å². The molecule has 0 aliphatic rings. The summed E-state index contributed by atoms with van der Waals surface area (Å²) in [7, 11) is 0. The van der Waals surface area contributed by atoms with Gasteiger partial charge in [-0.15, -0.1) is 0 Å². The first-order valence-corrected chi connectivity index (χ1v) is 5.92. The predicted molar refractivity (Wildman–Crippen MR) is 57.8 cm³/mol. The van der Waals surface area contributed by atoms with Crippen molar-refractivity contribution in [2.24, 2.45) is 0 Å². The Morgan fingerprint density at radius 2 is 1.80 bits per heavy atom. The second-order valence-corrected chi connectivity index (χ2v) is 4.01. The van der Waals surface area contributed by atoms with E-state index in [0.29, 0.717) is 6.54 Å². The van der Waals surface area contributed by atoms with Crippen LogP contribution in [0.1, 0.15) is 6.42 Å². The zero-order valence-corrected chi connectivity index (χ0v) is 9.13. The fraction of sp³-hybridized carbons (Fsp3) is 0.400. The fourth-order valence-corrected chi connectivity index (χ4v) is 1.54. The van der Waals surface area contributed by atoms with E-state index in [4.69, 9.17) is 0 Å². The number of rotatable bonds is 5. The van der Waals surface area contributed by atoms with Crippen molar-refractivity contribution in [1.29, 1.82) is 0 Å². The highest BCUT2D eigenvalue weighted by Crippen LogP contribution is 2.17. The zero-order valence-electron chi connectivity index (χ0n) is 8.32. The Kier molecular flexibility index (Phi) is 4.81. The summed E-state index contributed by atoms with van der Waals surface area (Å²) < 4.78 is 38.1. The largest absolute Gasteiger partial charge is 0.385 e. The molecule has 5 heteroatoms. The zero-order chi connectivity index (χ0) is 11.3. The van der Waals surface area contributed by atoms with Gasteiger partial charge in [0.05, 0.1) is 0 Å². The molecule has 0 saturated carbocycles. The van der Waals surface area contributed by atoms with E-state index in [-0.39, 0.29) is 5.69 Å². The van der Waals surface area contributed by atoms with Gasteiger partial charge < -0.3 is 5.32 Å². The molecule has 0 saturated heterocycles. The highest BCUT2D eigenvalue weighted by molar-refractivity contribution is 7.98. The molecule has 0 aliphatic carbocycles. The molecule has 0 atom stereocenters. The summed E-state index contributed by atoms with van der Waals surface area (Å²) in [6.45, 7) is 0.616. The van der Waals surface area contributed by atoms with E-state index in [1.807, 2.05) is 6.26 Å². The van der Waals surface area contributed by atoms with E-state index in [1.165, 1.54) is 0 Å². The maximum atomic E-state index is 12.8. The summed E-state index contributed by atoms with van der Waals surface area (Å²) in [5, 5.41) is 2.83. The predicted octanol–water partition coefficient (Wildman–Crippen LogP) is 3.27. The second kappa shape index (κ2) is 5.90. The second-order valence-electron chi connectivity index (χ2n) is 3.03. The molecule has 0 amide bonds. The van der Waals surface area contributed by atoms with E-state index in [1.54, 1.807) is 11.8 Å². The average Bonchev–Trinajstić information content (AvgIpc) is 2.21. The molecule has 0 aromatic heterocycles. The number of halogens is 3. The van der Waals surface area contributed by atoms with Gasteiger partial charge in [-0.3, -0.25) is 0 Å². The van der Waals surface area contributed by atoms with Crippen LogP contribution in [-0.2, 0) is 0 Å². The lowest BCUT2D eigenvalue weighted by molar-refractivity contribution is 0.447. The van der Waals surface area contributed by atoms with Gasteiger partial charge >= 0.3 is 0 Å². The third kappa shape index (κ3) is 3.66. The number of benzene rings is 1. The van der Waals surface area contributed by atoms with Gasteiger partial charge in [-0.1, -0.05) is 0 Å². The van der Waals surface area contributed by atoms with Crippen molar-refractivity contribution in [2.45, 2.75) is 6.42 Å². The van der Waals surface area contributed by atoms with Gasteiger partial charge in [0.2, 0.25) is 0 Å². The van der Waals surface area contributed by atoms with E-state index < -0.39 is 17.5 Å². The molecule has 1 aromatic rings. The average molecular weight is 235 g/mol. The molecular formula is C10H12F3NS. The molecule has 1 aromatic carbocycles. The Bertz CT molecular complexity index is 307. The molecule has 1 N–H and O–H groups in total. The minimum atomic E-state index is -1.43. The molecule has 84 valence electrons. The standard InChI is InChI=1S/C10H12F3NS/c1-15-4-2-3-14-7-5-8(11)10(13)9(12)6-7/h5-6,14H,2-4H2,1H3. The van der Waals surface area contributed by atoms with Gasteiger partial charge in [0.15, 0.2) is 17.5 Å². The molecular weight excluding hydrogens is 223 g/mol. The van der Waals surface area contributed by atoms with Crippen molar-refractivity contribution in [3.63, 3.8) is 0 Å². The first-order valence-electron chi connectivity index (χ1n) is 4.52. The molecule has 1 rings (SSSR count). The Morgan fingerprint density at radius 1 is 1.20 bits per heavy atom. The van der Waals surface area contributed by atoms with E-state index in [0.717, 1.165) is 24.3 Å². The van der Waals surface area contributed by atoms with Crippen LogP contribution in [0.4, 0.5) is 18.9 Å². The summed E-state index contributed by atoms with van der Waals surface area (Å²) in [6, 6.07) is 1.91. The summed E-state index contributed by atoms with van der Waals surface area (Å²) in [4.78, 5) is 0. The first kappa shape index (κ1) is 12.2. The summed E-state index contributed by atoms with van der Waals surface area (Å²) in [6.07, 6.45) is 2.87. The van der Waals surface area contributed by atoms with Gasteiger partial charge in [-0.05, 0) is 18.4 Å². The van der Waals surface area contributed by atoms with Crippen molar-refractivity contribution in [1.82, 2.24) is 0 Å². The topological polar surface area (TPSA) is 12.0 Å². The van der Waals surface area contributed by atoms with E-state index in [9.17, 15) is 13.2 Å². The van der Waals surface area contributed by atoms with Crippen molar-refractivity contribution < 1.29 is 13.2 Å². The molecule has 15 heavy (non-hydrogen) atoms. The molecule has 0 aliphatic heterocycles. The first-order chi connectivity index (χ1) is 7.15. The van der Waals surface area contributed by atoms with Crippen molar-refractivity contribution >= 4 is 17.4 Å². The number of anilines is 1. The maximum absolute atomic E-state index is 12.8. The summed E-state index contributed by atoms with van der Waals surface area (Å²) in [5.74, 6) is -2.78. The number of thioether (sulfide) groups is 1. The molecule has 0 heterocycles. The quantitative estimate of drug-likeness (QED) is 0.621. The molecule has 0 bridgehead atoms. The monoisotopic (exact) mass is 235 g/mol. The van der Waals surface area contributed by atoms with Crippen LogP contribution in [0.2, 0.25) is 0 Å². The maximum Gasteiger partial charge on any atom is 0.194 e. The van der Waals surface area contributed by atoms with Crippen LogP contribution in [0.15, 0.2) is 12.1 Å². The third-order valence-electron chi connectivity index (χ3n) is 1.84. The van der Waals surface area contributed by atoms with Crippen LogP contribution in [-0.4, -0.2) is 18.6 Å². The lowest BCUT2D eigenvalue weighted by Gasteiger charge is -2.06. The Morgan fingerprint density at radius 3 is 2.33 bits per heavy atom. The van der Waals surface area contributed by atoms with Gasteiger partial charge in [0, 0.05) is 24.4 Å². The number of nitrogens with one attached hydrogen (secondary N) is 1. The van der Waals surface area contributed by atoms with Gasteiger partial charge in [-0.2, -0.15) is 11.8 Å². The van der Waals surface area contributed by atoms with Crippen molar-refractivity contribution in [2.75, 3.05) is 23.9 Å².